The summed E-state index contributed by atoms with van der Waals surface area (Å²) in [5, 5.41) is 0. The number of rotatable bonds is 4. The summed E-state index contributed by atoms with van der Waals surface area (Å²) in [7, 11) is 1.90. The molecule has 1 atom stereocenters. The van der Waals surface area contributed by atoms with E-state index in [0.29, 0.717) is 12.2 Å². The molecular formula is C20H22N2O2. The van der Waals surface area contributed by atoms with Crippen molar-refractivity contribution in [3.05, 3.63) is 65.2 Å². The van der Waals surface area contributed by atoms with Crippen LogP contribution in [0.3, 0.4) is 0 Å². The molecule has 0 aliphatic carbocycles. The molecule has 1 aliphatic rings. The molecule has 3 rings (SSSR count). The molecule has 4 heteroatoms. The molecular weight excluding hydrogens is 300 g/mol. The highest BCUT2D eigenvalue weighted by Crippen LogP contribution is 2.29. The topological polar surface area (TPSA) is 40.6 Å². The molecule has 1 heterocycles. The van der Waals surface area contributed by atoms with Gasteiger partial charge in [-0.2, -0.15) is 0 Å². The fraction of sp³-hybridized carbons (Fsp3) is 0.300. The van der Waals surface area contributed by atoms with Gasteiger partial charge in [0.2, 0.25) is 5.91 Å². The minimum atomic E-state index is -0.404. The molecule has 0 unspecified atom stereocenters. The summed E-state index contributed by atoms with van der Waals surface area (Å²) in [6, 6.07) is 15.4. The van der Waals surface area contributed by atoms with Crippen LogP contribution in [-0.2, 0) is 16.1 Å². The van der Waals surface area contributed by atoms with Crippen LogP contribution < -0.4 is 4.90 Å². The molecule has 2 aromatic rings. The number of carbonyl (C=O) groups excluding carboxylic acids is 2. The average Bonchev–Trinajstić information content (AvgIpc) is 2.84. The van der Waals surface area contributed by atoms with Crippen molar-refractivity contribution in [2.24, 2.45) is 0 Å². The zero-order valence-corrected chi connectivity index (χ0v) is 14.3. The number of anilines is 1. The van der Waals surface area contributed by atoms with E-state index in [-0.39, 0.29) is 18.2 Å². The van der Waals surface area contributed by atoms with Gasteiger partial charge in [-0.05, 0) is 38.1 Å². The predicted molar refractivity (Wildman–Crippen MR) is 94.7 cm³/mol. The van der Waals surface area contributed by atoms with Crippen molar-refractivity contribution < 1.29 is 9.59 Å². The first-order valence-corrected chi connectivity index (χ1v) is 8.15. The third-order valence-corrected chi connectivity index (χ3v) is 4.52. The number of hydrogen-bond acceptors (Lipinski definition) is 3. The van der Waals surface area contributed by atoms with E-state index in [4.69, 9.17) is 0 Å². The quantitative estimate of drug-likeness (QED) is 0.812. The Labute approximate surface area is 142 Å². The summed E-state index contributed by atoms with van der Waals surface area (Å²) in [5.74, 6) is -0.262. The SMILES string of the molecule is Cc1ccc(N2C(=O)C[C@@H](N(C)Cc3ccccc3)C2=O)c(C)c1. The maximum atomic E-state index is 12.8. The molecule has 2 amide bonds. The maximum Gasteiger partial charge on any atom is 0.251 e. The van der Waals surface area contributed by atoms with E-state index in [9.17, 15) is 9.59 Å². The second-order valence-electron chi connectivity index (χ2n) is 6.48. The van der Waals surface area contributed by atoms with Crippen molar-refractivity contribution in [3.8, 4) is 0 Å². The molecule has 0 saturated carbocycles. The fourth-order valence-electron chi connectivity index (χ4n) is 3.25. The molecule has 124 valence electrons. The smallest absolute Gasteiger partial charge is 0.251 e. The van der Waals surface area contributed by atoms with Crippen LogP contribution in [0.4, 0.5) is 5.69 Å². The predicted octanol–water partition coefficient (Wildman–Crippen LogP) is 3.07. The molecule has 0 N–H and O–H groups in total. The van der Waals surface area contributed by atoms with Gasteiger partial charge >= 0.3 is 0 Å². The van der Waals surface area contributed by atoms with Crippen LogP contribution in [-0.4, -0.2) is 29.8 Å². The average molecular weight is 322 g/mol. The minimum Gasteiger partial charge on any atom is -0.290 e. The number of aryl methyl sites for hydroxylation is 2. The van der Waals surface area contributed by atoms with Crippen molar-refractivity contribution in [1.29, 1.82) is 0 Å². The summed E-state index contributed by atoms with van der Waals surface area (Å²) in [5.41, 5.74) is 3.90. The van der Waals surface area contributed by atoms with Crippen LogP contribution in [0.5, 0.6) is 0 Å². The van der Waals surface area contributed by atoms with E-state index >= 15 is 0 Å². The van der Waals surface area contributed by atoms with E-state index in [1.165, 1.54) is 4.90 Å². The Morgan fingerprint density at radius 1 is 1.08 bits per heavy atom. The van der Waals surface area contributed by atoms with E-state index in [1.807, 2.05) is 74.3 Å². The number of carbonyl (C=O) groups is 2. The lowest BCUT2D eigenvalue weighted by molar-refractivity contribution is -0.122. The fourth-order valence-corrected chi connectivity index (χ4v) is 3.25. The van der Waals surface area contributed by atoms with Crippen molar-refractivity contribution in [2.45, 2.75) is 32.9 Å². The molecule has 2 aromatic carbocycles. The Balaban J connectivity index is 1.81. The number of benzene rings is 2. The normalized spacial score (nSPS) is 17.8. The molecule has 1 fully saturated rings. The Morgan fingerprint density at radius 3 is 2.46 bits per heavy atom. The molecule has 0 spiro atoms. The lowest BCUT2D eigenvalue weighted by Gasteiger charge is -2.23. The first-order chi connectivity index (χ1) is 11.5. The van der Waals surface area contributed by atoms with Gasteiger partial charge in [0.25, 0.3) is 5.91 Å². The number of amides is 2. The van der Waals surface area contributed by atoms with Crippen LogP contribution in [0.15, 0.2) is 48.5 Å². The van der Waals surface area contributed by atoms with Crippen molar-refractivity contribution in [1.82, 2.24) is 4.90 Å². The lowest BCUT2D eigenvalue weighted by Crippen LogP contribution is -2.40. The largest absolute Gasteiger partial charge is 0.290 e. The second-order valence-corrected chi connectivity index (χ2v) is 6.48. The van der Waals surface area contributed by atoms with Crippen molar-refractivity contribution >= 4 is 17.5 Å². The summed E-state index contributed by atoms with van der Waals surface area (Å²) in [4.78, 5) is 28.6. The highest BCUT2D eigenvalue weighted by atomic mass is 16.2. The Kier molecular flexibility index (Phi) is 4.49. The van der Waals surface area contributed by atoms with Gasteiger partial charge in [-0.3, -0.25) is 14.5 Å². The number of imide groups is 1. The molecule has 24 heavy (non-hydrogen) atoms. The van der Waals surface area contributed by atoms with Crippen LogP contribution in [0, 0.1) is 13.8 Å². The lowest BCUT2D eigenvalue weighted by atomic mass is 10.1. The Bertz CT molecular complexity index is 770. The number of likely N-dealkylation sites (N-methyl/N-ethyl adjacent to an activating group) is 1. The number of nitrogens with zero attached hydrogens (tertiary/aromatic N) is 2. The highest BCUT2D eigenvalue weighted by molar-refractivity contribution is 6.22. The zero-order chi connectivity index (χ0) is 17.3. The minimum absolute atomic E-state index is 0.128. The van der Waals surface area contributed by atoms with Gasteiger partial charge in [0.1, 0.15) is 0 Å². The molecule has 0 aromatic heterocycles. The van der Waals surface area contributed by atoms with E-state index < -0.39 is 6.04 Å². The summed E-state index contributed by atoms with van der Waals surface area (Å²) in [6.45, 7) is 4.58. The second kappa shape index (κ2) is 6.57. The number of hydrogen-bond donors (Lipinski definition) is 0. The summed E-state index contributed by atoms with van der Waals surface area (Å²) >= 11 is 0. The summed E-state index contributed by atoms with van der Waals surface area (Å²) < 4.78 is 0. The standard InChI is InChI=1S/C20H22N2O2/c1-14-9-10-17(15(2)11-14)22-19(23)12-18(20(22)24)21(3)13-16-7-5-4-6-8-16/h4-11,18H,12-13H2,1-3H3/t18-/m1/s1. The first kappa shape index (κ1) is 16.4. The molecule has 4 nitrogen and oxygen atoms in total. The maximum absolute atomic E-state index is 12.8. The Morgan fingerprint density at radius 2 is 1.79 bits per heavy atom. The van der Waals surface area contributed by atoms with E-state index in [2.05, 4.69) is 0 Å². The third kappa shape index (κ3) is 3.10. The van der Waals surface area contributed by atoms with Gasteiger partial charge in [-0.1, -0.05) is 48.0 Å². The van der Waals surface area contributed by atoms with Crippen LogP contribution >= 0.6 is 0 Å². The van der Waals surface area contributed by atoms with Crippen LogP contribution in [0.1, 0.15) is 23.1 Å². The van der Waals surface area contributed by atoms with E-state index in [1.54, 1.807) is 0 Å². The summed E-state index contributed by atoms with van der Waals surface area (Å²) in [6.07, 6.45) is 0.232. The third-order valence-electron chi connectivity index (χ3n) is 4.52. The zero-order valence-electron chi connectivity index (χ0n) is 14.3. The molecule has 0 radical (unpaired) electrons. The molecule has 1 saturated heterocycles. The monoisotopic (exact) mass is 322 g/mol. The Hall–Kier alpha value is -2.46. The van der Waals surface area contributed by atoms with Crippen molar-refractivity contribution in [3.63, 3.8) is 0 Å². The van der Waals surface area contributed by atoms with E-state index in [0.717, 1.165) is 16.7 Å². The van der Waals surface area contributed by atoms with Gasteiger partial charge in [-0.25, -0.2) is 4.90 Å². The van der Waals surface area contributed by atoms with Crippen molar-refractivity contribution in [2.75, 3.05) is 11.9 Å². The first-order valence-electron chi connectivity index (χ1n) is 8.15. The van der Waals surface area contributed by atoms with Gasteiger partial charge in [-0.15, -0.1) is 0 Å². The molecule has 0 bridgehead atoms. The van der Waals surface area contributed by atoms with Crippen LogP contribution in [0.2, 0.25) is 0 Å². The van der Waals surface area contributed by atoms with Crippen LogP contribution in [0.25, 0.3) is 0 Å². The highest BCUT2D eigenvalue weighted by Gasteiger charge is 2.42. The van der Waals surface area contributed by atoms with Gasteiger partial charge in [0.15, 0.2) is 0 Å². The molecule has 1 aliphatic heterocycles. The van der Waals surface area contributed by atoms with Gasteiger partial charge in [0.05, 0.1) is 18.2 Å². The van der Waals surface area contributed by atoms with Gasteiger partial charge < -0.3 is 0 Å². The van der Waals surface area contributed by atoms with Gasteiger partial charge in [0, 0.05) is 6.54 Å².